The van der Waals surface area contributed by atoms with Crippen molar-refractivity contribution in [2.45, 2.75) is 47.7 Å². The van der Waals surface area contributed by atoms with Crippen LogP contribution in [-0.2, 0) is 6.67 Å². The van der Waals surface area contributed by atoms with Crippen LogP contribution < -0.4 is 10.5 Å². The van der Waals surface area contributed by atoms with E-state index in [4.69, 9.17) is 4.98 Å². The normalized spacial score (nSPS) is 14.8. The average Bonchev–Trinajstić information content (AvgIpc) is 2.56. The summed E-state index contributed by atoms with van der Waals surface area (Å²) in [5, 5.41) is 0. The van der Waals surface area contributed by atoms with Gasteiger partial charge in [0.15, 0.2) is 0 Å². The number of hydrogen-bond acceptors (Lipinski definition) is 4. The Kier molecular flexibility index (Phi) is 4.45. The molecule has 0 bridgehead atoms. The van der Waals surface area contributed by atoms with Crippen molar-refractivity contribution in [3.05, 3.63) is 50.9 Å². The van der Waals surface area contributed by atoms with Crippen molar-refractivity contribution in [1.82, 2.24) is 14.5 Å². The Morgan fingerprint density at radius 2 is 1.83 bits per heavy atom. The number of fused-ring (bicyclic) bond motifs is 1. The molecule has 1 aliphatic rings. The monoisotopic (exact) mass is 326 g/mol. The highest BCUT2D eigenvalue weighted by atomic mass is 16.1. The maximum Gasteiger partial charge on any atom is 0.259 e. The Balaban J connectivity index is 2.15. The summed E-state index contributed by atoms with van der Waals surface area (Å²) in [6.07, 6.45) is 1.06. The molecule has 2 aromatic rings. The lowest BCUT2D eigenvalue weighted by atomic mass is 10.1. The molecular weight excluding hydrogens is 300 g/mol. The Bertz CT molecular complexity index is 825. The van der Waals surface area contributed by atoms with Gasteiger partial charge in [-0.2, -0.15) is 0 Å². The molecule has 0 amide bonds. The van der Waals surface area contributed by atoms with Gasteiger partial charge >= 0.3 is 0 Å². The third kappa shape index (κ3) is 2.84. The molecule has 2 heterocycles. The summed E-state index contributed by atoms with van der Waals surface area (Å²) >= 11 is 0. The van der Waals surface area contributed by atoms with E-state index in [1.165, 1.54) is 11.1 Å². The summed E-state index contributed by atoms with van der Waals surface area (Å²) in [5.41, 5.74) is 5.21. The second-order valence-corrected chi connectivity index (χ2v) is 6.73. The third-order valence-corrected chi connectivity index (χ3v) is 4.88. The van der Waals surface area contributed by atoms with Gasteiger partial charge in [-0.05, 0) is 57.4 Å². The minimum atomic E-state index is 0.0622. The molecule has 5 nitrogen and oxygen atoms in total. The first-order valence-corrected chi connectivity index (χ1v) is 8.57. The minimum absolute atomic E-state index is 0.0622. The van der Waals surface area contributed by atoms with E-state index in [2.05, 4.69) is 48.8 Å². The molecule has 128 valence electrons. The number of nitrogens with zero attached hydrogens (tertiary/aromatic N) is 4. The number of anilines is 2. The van der Waals surface area contributed by atoms with Crippen LogP contribution >= 0.6 is 0 Å². The van der Waals surface area contributed by atoms with Crippen LogP contribution in [0.4, 0.5) is 11.6 Å². The number of hydrogen-bond donors (Lipinski definition) is 0. The second kappa shape index (κ2) is 6.40. The van der Waals surface area contributed by atoms with Crippen LogP contribution in [0.25, 0.3) is 0 Å². The third-order valence-electron chi connectivity index (χ3n) is 4.88. The first-order valence-electron chi connectivity index (χ1n) is 8.57. The van der Waals surface area contributed by atoms with Crippen LogP contribution in [0.3, 0.4) is 0 Å². The Labute approximate surface area is 143 Å². The van der Waals surface area contributed by atoms with Gasteiger partial charge < -0.3 is 0 Å². The van der Waals surface area contributed by atoms with Crippen molar-refractivity contribution in [3.63, 3.8) is 0 Å². The molecule has 0 radical (unpaired) electrons. The summed E-state index contributed by atoms with van der Waals surface area (Å²) < 4.78 is 1.80. The number of rotatable bonds is 3. The molecule has 24 heavy (non-hydrogen) atoms. The molecule has 0 saturated heterocycles. The minimum Gasteiger partial charge on any atom is -0.298 e. The average molecular weight is 326 g/mol. The maximum atomic E-state index is 12.8. The van der Waals surface area contributed by atoms with Crippen molar-refractivity contribution < 1.29 is 0 Å². The summed E-state index contributed by atoms with van der Waals surface area (Å²) in [7, 11) is 0. The van der Waals surface area contributed by atoms with Crippen LogP contribution in [0.2, 0.25) is 0 Å². The molecule has 3 rings (SSSR count). The lowest BCUT2D eigenvalue weighted by Gasteiger charge is -2.38. The van der Waals surface area contributed by atoms with Gasteiger partial charge in [-0.25, -0.2) is 4.98 Å². The molecule has 0 aliphatic carbocycles. The van der Waals surface area contributed by atoms with E-state index in [0.717, 1.165) is 42.5 Å². The highest BCUT2D eigenvalue weighted by Gasteiger charge is 2.26. The second-order valence-electron chi connectivity index (χ2n) is 6.73. The van der Waals surface area contributed by atoms with Crippen LogP contribution in [-0.4, -0.2) is 27.7 Å². The smallest absolute Gasteiger partial charge is 0.259 e. The zero-order chi connectivity index (χ0) is 17.4. The van der Waals surface area contributed by atoms with Gasteiger partial charge in [0.25, 0.3) is 5.56 Å². The van der Waals surface area contributed by atoms with Gasteiger partial charge in [-0.3, -0.25) is 19.2 Å². The predicted octanol–water partition coefficient (Wildman–Crippen LogP) is 3.26. The molecule has 0 unspecified atom stereocenters. The molecule has 1 aromatic heterocycles. The predicted molar refractivity (Wildman–Crippen MR) is 97.9 cm³/mol. The molecule has 1 aliphatic heterocycles. The molecule has 0 atom stereocenters. The van der Waals surface area contributed by atoms with E-state index in [1.54, 1.807) is 4.57 Å². The highest BCUT2D eigenvalue weighted by molar-refractivity contribution is 5.60. The number of aromatic nitrogens is 2. The molecule has 0 spiro atoms. The zero-order valence-corrected chi connectivity index (χ0v) is 15.3. The molecule has 0 N–H and O–H groups in total. The molecule has 0 saturated carbocycles. The quantitative estimate of drug-likeness (QED) is 0.868. The molecular formula is C19H26N4O. The van der Waals surface area contributed by atoms with Gasteiger partial charge in [-0.15, -0.1) is 0 Å². The fourth-order valence-electron chi connectivity index (χ4n) is 3.13. The Morgan fingerprint density at radius 1 is 1.08 bits per heavy atom. The lowest BCUT2D eigenvalue weighted by molar-refractivity contribution is 0.198. The highest BCUT2D eigenvalue weighted by Crippen LogP contribution is 2.29. The first-order chi connectivity index (χ1) is 11.4. The lowest BCUT2D eigenvalue weighted by Crippen LogP contribution is -2.48. The topological polar surface area (TPSA) is 41.4 Å². The molecule has 1 aromatic carbocycles. The fourth-order valence-corrected chi connectivity index (χ4v) is 3.13. The van der Waals surface area contributed by atoms with Crippen molar-refractivity contribution in [3.8, 4) is 0 Å². The Hall–Kier alpha value is -2.14. The van der Waals surface area contributed by atoms with E-state index >= 15 is 0 Å². The number of benzene rings is 1. The summed E-state index contributed by atoms with van der Waals surface area (Å²) in [4.78, 5) is 21.9. The van der Waals surface area contributed by atoms with E-state index in [-0.39, 0.29) is 5.56 Å². The van der Waals surface area contributed by atoms with Crippen molar-refractivity contribution in [2.75, 3.05) is 18.1 Å². The number of aryl methyl sites for hydroxylation is 3. The van der Waals surface area contributed by atoms with Gasteiger partial charge in [-0.1, -0.05) is 13.0 Å². The zero-order valence-electron chi connectivity index (χ0n) is 15.3. The SMILES string of the molecule is CCCN1CN(c2ccc(C)c(C)c2)c2nc(C)c(C)c(=O)n2C1. The van der Waals surface area contributed by atoms with E-state index in [0.29, 0.717) is 6.67 Å². The van der Waals surface area contributed by atoms with Gasteiger partial charge in [0.2, 0.25) is 5.95 Å². The largest absolute Gasteiger partial charge is 0.298 e. The Morgan fingerprint density at radius 3 is 2.50 bits per heavy atom. The summed E-state index contributed by atoms with van der Waals surface area (Å²) in [5.74, 6) is 0.749. The maximum absolute atomic E-state index is 12.8. The fraction of sp³-hybridized carbons (Fsp3) is 0.474. The molecule has 5 heteroatoms. The van der Waals surface area contributed by atoms with E-state index < -0.39 is 0 Å². The van der Waals surface area contributed by atoms with Gasteiger partial charge in [0, 0.05) is 23.5 Å². The van der Waals surface area contributed by atoms with Crippen LogP contribution in [0, 0.1) is 27.7 Å². The van der Waals surface area contributed by atoms with Crippen LogP contribution in [0.5, 0.6) is 0 Å². The van der Waals surface area contributed by atoms with Crippen LogP contribution in [0.15, 0.2) is 23.0 Å². The first kappa shape index (κ1) is 16.7. The molecule has 0 fully saturated rings. The van der Waals surface area contributed by atoms with Crippen molar-refractivity contribution in [2.24, 2.45) is 0 Å². The van der Waals surface area contributed by atoms with E-state index in [1.807, 2.05) is 13.8 Å². The summed E-state index contributed by atoms with van der Waals surface area (Å²) in [6, 6.07) is 6.42. The van der Waals surface area contributed by atoms with Crippen molar-refractivity contribution >= 4 is 11.6 Å². The standard InChI is InChI=1S/C19H26N4O/c1-6-9-21-11-22(17-8-7-13(2)14(3)10-17)19-20-16(5)15(4)18(24)23(19)12-21/h7-8,10H,6,9,11-12H2,1-5H3. The summed E-state index contributed by atoms with van der Waals surface area (Å²) in [6.45, 7) is 12.5. The van der Waals surface area contributed by atoms with Crippen molar-refractivity contribution in [1.29, 1.82) is 0 Å². The van der Waals surface area contributed by atoms with Gasteiger partial charge in [0.05, 0.1) is 13.3 Å². The van der Waals surface area contributed by atoms with Gasteiger partial charge in [0.1, 0.15) is 0 Å². The van der Waals surface area contributed by atoms with Crippen LogP contribution in [0.1, 0.15) is 35.7 Å². The van der Waals surface area contributed by atoms with E-state index in [9.17, 15) is 4.79 Å².